The number of rotatable bonds is 7. The number of anilines is 1. The van der Waals surface area contributed by atoms with Crippen molar-refractivity contribution in [1.29, 1.82) is 0 Å². The summed E-state index contributed by atoms with van der Waals surface area (Å²) < 4.78 is 33.2. The summed E-state index contributed by atoms with van der Waals surface area (Å²) in [7, 11) is -3.64. The molecule has 0 radical (unpaired) electrons. The second-order valence-corrected chi connectivity index (χ2v) is 9.08. The lowest BCUT2D eigenvalue weighted by atomic mass is 10.3. The van der Waals surface area contributed by atoms with Crippen molar-refractivity contribution in [1.82, 2.24) is 4.72 Å². The molecule has 0 aromatic heterocycles. The van der Waals surface area contributed by atoms with E-state index >= 15 is 0 Å². The van der Waals surface area contributed by atoms with Crippen molar-refractivity contribution in [3.8, 4) is 5.75 Å². The second kappa shape index (κ2) is 9.03. The number of carbonyl (C=O) groups excluding carboxylic acids is 1. The minimum absolute atomic E-state index is 0.0342. The molecule has 1 amide bonds. The minimum atomic E-state index is -3.64. The van der Waals surface area contributed by atoms with Gasteiger partial charge in [-0.25, -0.2) is 13.1 Å². The number of sulfonamides is 1. The Labute approximate surface area is 171 Å². The van der Waals surface area contributed by atoms with Crippen molar-refractivity contribution in [3.05, 3.63) is 51.1 Å². The number of carbonyl (C=O) groups is 1. The third-order valence-corrected chi connectivity index (χ3v) is 5.76. The predicted octanol–water partition coefficient (Wildman–Crippen LogP) is 3.65. The molecule has 0 aliphatic carbocycles. The lowest BCUT2D eigenvalue weighted by Gasteiger charge is -2.12. The van der Waals surface area contributed by atoms with Crippen LogP contribution in [0.5, 0.6) is 5.75 Å². The molecule has 2 aromatic carbocycles. The van der Waals surface area contributed by atoms with Crippen LogP contribution in [0.1, 0.15) is 13.8 Å². The quantitative estimate of drug-likeness (QED) is 0.559. The van der Waals surface area contributed by atoms with Crippen LogP contribution >= 0.6 is 34.2 Å². The van der Waals surface area contributed by atoms with Crippen molar-refractivity contribution in [2.24, 2.45) is 0 Å². The van der Waals surface area contributed by atoms with Crippen LogP contribution in [-0.4, -0.2) is 27.0 Å². The van der Waals surface area contributed by atoms with E-state index < -0.39 is 10.0 Å². The maximum absolute atomic E-state index is 12.1. The highest BCUT2D eigenvalue weighted by Crippen LogP contribution is 2.27. The fourth-order valence-corrected chi connectivity index (χ4v) is 3.95. The largest absolute Gasteiger partial charge is 0.482 e. The van der Waals surface area contributed by atoms with Crippen LogP contribution in [0, 0.1) is 3.57 Å². The SMILES string of the molecule is CC(C)NS(=O)(=O)c1ccc(OCC(=O)Nc2ccc(I)cc2)c(Cl)c1. The molecular weight excluding hydrogens is 491 g/mol. The fourth-order valence-electron chi connectivity index (χ4n) is 2.02. The van der Waals surface area contributed by atoms with Crippen molar-refractivity contribution in [2.45, 2.75) is 24.8 Å². The highest BCUT2D eigenvalue weighted by atomic mass is 127. The Bertz CT molecular complexity index is 886. The number of nitrogens with one attached hydrogen (secondary N) is 2. The first kappa shape index (κ1) is 20.9. The van der Waals surface area contributed by atoms with Crippen LogP contribution < -0.4 is 14.8 Å². The fraction of sp³-hybridized carbons (Fsp3) is 0.235. The molecular formula is C17H18ClIN2O4S. The molecule has 140 valence electrons. The molecule has 0 fully saturated rings. The Hall–Kier alpha value is -1.36. The number of halogens is 2. The molecule has 0 atom stereocenters. The Morgan fingerprint density at radius 2 is 1.85 bits per heavy atom. The van der Waals surface area contributed by atoms with Crippen molar-refractivity contribution in [2.75, 3.05) is 11.9 Å². The van der Waals surface area contributed by atoms with E-state index in [9.17, 15) is 13.2 Å². The molecule has 2 aromatic rings. The topological polar surface area (TPSA) is 84.5 Å². The summed E-state index contributed by atoms with van der Waals surface area (Å²) >= 11 is 8.26. The van der Waals surface area contributed by atoms with Gasteiger partial charge < -0.3 is 10.1 Å². The number of hydrogen-bond acceptors (Lipinski definition) is 4. The third kappa shape index (κ3) is 6.11. The number of hydrogen-bond donors (Lipinski definition) is 2. The van der Waals surface area contributed by atoms with Crippen LogP contribution in [0.15, 0.2) is 47.4 Å². The summed E-state index contributed by atoms with van der Waals surface area (Å²) in [5, 5.41) is 2.81. The molecule has 0 spiro atoms. The first-order valence-corrected chi connectivity index (χ1v) is 10.6. The van der Waals surface area contributed by atoms with E-state index in [4.69, 9.17) is 16.3 Å². The summed E-state index contributed by atoms with van der Waals surface area (Å²) in [5.74, 6) is -0.117. The van der Waals surface area contributed by atoms with Crippen molar-refractivity contribution >= 4 is 55.8 Å². The first-order valence-electron chi connectivity index (χ1n) is 7.67. The van der Waals surface area contributed by atoms with E-state index in [0.717, 1.165) is 3.57 Å². The van der Waals surface area contributed by atoms with Crippen LogP contribution in [0.25, 0.3) is 0 Å². The summed E-state index contributed by atoms with van der Waals surface area (Å²) in [6, 6.07) is 11.2. The maximum atomic E-state index is 12.1. The zero-order valence-electron chi connectivity index (χ0n) is 14.1. The van der Waals surface area contributed by atoms with Crippen LogP contribution in [0.3, 0.4) is 0 Å². The maximum Gasteiger partial charge on any atom is 0.262 e. The number of benzene rings is 2. The summed E-state index contributed by atoms with van der Waals surface area (Å²) in [4.78, 5) is 12.0. The van der Waals surface area contributed by atoms with Gasteiger partial charge >= 0.3 is 0 Å². The molecule has 9 heteroatoms. The monoisotopic (exact) mass is 508 g/mol. The molecule has 0 unspecified atom stereocenters. The zero-order chi connectivity index (χ0) is 19.3. The van der Waals surface area contributed by atoms with E-state index in [2.05, 4.69) is 32.6 Å². The van der Waals surface area contributed by atoms with Gasteiger partial charge in [0.15, 0.2) is 6.61 Å². The molecule has 6 nitrogen and oxygen atoms in total. The second-order valence-electron chi connectivity index (χ2n) is 5.71. The lowest BCUT2D eigenvalue weighted by Crippen LogP contribution is -2.30. The normalized spacial score (nSPS) is 11.4. The molecule has 0 saturated carbocycles. The van der Waals surface area contributed by atoms with Gasteiger partial charge in [0.1, 0.15) is 5.75 Å². The van der Waals surface area contributed by atoms with E-state index in [0.29, 0.717) is 5.69 Å². The Morgan fingerprint density at radius 3 is 2.42 bits per heavy atom. The molecule has 2 N–H and O–H groups in total. The van der Waals surface area contributed by atoms with E-state index in [-0.39, 0.29) is 34.2 Å². The Kier molecular flexibility index (Phi) is 7.27. The number of amides is 1. The van der Waals surface area contributed by atoms with Gasteiger partial charge in [0.2, 0.25) is 10.0 Å². The highest BCUT2D eigenvalue weighted by molar-refractivity contribution is 14.1. The van der Waals surface area contributed by atoms with Gasteiger partial charge in [0.05, 0.1) is 9.92 Å². The highest BCUT2D eigenvalue weighted by Gasteiger charge is 2.17. The summed E-state index contributed by atoms with van der Waals surface area (Å²) in [6.07, 6.45) is 0. The van der Waals surface area contributed by atoms with E-state index in [1.807, 2.05) is 12.1 Å². The van der Waals surface area contributed by atoms with Gasteiger partial charge in [-0.1, -0.05) is 11.6 Å². The smallest absolute Gasteiger partial charge is 0.262 e. The van der Waals surface area contributed by atoms with Crippen LogP contribution in [0.4, 0.5) is 5.69 Å². The zero-order valence-corrected chi connectivity index (χ0v) is 17.9. The van der Waals surface area contributed by atoms with Crippen molar-refractivity contribution in [3.63, 3.8) is 0 Å². The van der Waals surface area contributed by atoms with Crippen LogP contribution in [0.2, 0.25) is 5.02 Å². The van der Waals surface area contributed by atoms with Gasteiger partial charge in [0.25, 0.3) is 5.91 Å². The predicted molar refractivity (Wildman–Crippen MR) is 110 cm³/mol. The average molecular weight is 509 g/mol. The first-order chi connectivity index (χ1) is 12.2. The molecule has 0 saturated heterocycles. The Balaban J connectivity index is 1.99. The standard InChI is InChI=1S/C17H18ClIN2O4S/c1-11(2)21-26(23,24)14-7-8-16(15(18)9-14)25-10-17(22)20-13-5-3-12(19)4-6-13/h3-9,11,21H,10H2,1-2H3,(H,20,22). The third-order valence-electron chi connectivity index (χ3n) is 3.09. The van der Waals surface area contributed by atoms with Gasteiger partial charge in [-0.05, 0) is 78.9 Å². The van der Waals surface area contributed by atoms with Gasteiger partial charge in [-0.2, -0.15) is 0 Å². The van der Waals surface area contributed by atoms with Gasteiger partial charge in [-0.3, -0.25) is 4.79 Å². The minimum Gasteiger partial charge on any atom is -0.482 e. The van der Waals surface area contributed by atoms with E-state index in [1.54, 1.807) is 26.0 Å². The van der Waals surface area contributed by atoms with Crippen molar-refractivity contribution < 1.29 is 17.9 Å². The molecule has 0 aliphatic heterocycles. The van der Waals surface area contributed by atoms with Gasteiger partial charge in [-0.15, -0.1) is 0 Å². The molecule has 0 aliphatic rings. The van der Waals surface area contributed by atoms with Crippen LogP contribution in [-0.2, 0) is 14.8 Å². The Morgan fingerprint density at radius 1 is 1.19 bits per heavy atom. The molecule has 2 rings (SSSR count). The summed E-state index contributed by atoms with van der Waals surface area (Å²) in [6.45, 7) is 3.20. The average Bonchev–Trinajstić information content (AvgIpc) is 2.54. The molecule has 0 bridgehead atoms. The number of ether oxygens (including phenoxy) is 1. The summed E-state index contributed by atoms with van der Waals surface area (Å²) in [5.41, 5.74) is 0.659. The lowest BCUT2D eigenvalue weighted by molar-refractivity contribution is -0.118. The molecule has 0 heterocycles. The van der Waals surface area contributed by atoms with Gasteiger partial charge in [0, 0.05) is 15.3 Å². The van der Waals surface area contributed by atoms with E-state index in [1.165, 1.54) is 18.2 Å². The molecule has 26 heavy (non-hydrogen) atoms.